The van der Waals surface area contributed by atoms with Crippen molar-refractivity contribution in [2.24, 2.45) is 56.7 Å². The Balaban J connectivity index is 1.02. The van der Waals surface area contributed by atoms with Crippen LogP contribution >= 0.6 is 11.3 Å². The van der Waals surface area contributed by atoms with Crippen molar-refractivity contribution in [3.8, 4) is 11.5 Å². The van der Waals surface area contributed by atoms with Gasteiger partial charge < -0.3 is 24.6 Å². The second kappa shape index (κ2) is 13.0. The molecule has 1 heterocycles. The number of amides is 1. The number of Topliss-reactive ketones (excluding diaryl/α,β-unsaturated/α-hetero) is 1. The Bertz CT molecular complexity index is 2020. The van der Waals surface area contributed by atoms with Gasteiger partial charge >= 0.3 is 0 Å². The van der Waals surface area contributed by atoms with Crippen LogP contribution in [0.2, 0.25) is 0 Å². The molecular weight excluding hydrogens is 731 g/mol. The van der Waals surface area contributed by atoms with Crippen LogP contribution < -0.4 is 9.47 Å². The number of methoxy groups -OCH3 is 2. The smallest absolute Gasteiger partial charge is 0.227 e. The number of fused-ring (bicyclic) bond motifs is 1. The predicted octanol–water partition coefficient (Wildman–Crippen LogP) is 9.14. The minimum Gasteiger partial charge on any atom is -0.493 e. The monoisotopic (exact) mass is 793 g/mol. The first-order valence-electron chi connectivity index (χ1n) is 22.1. The summed E-state index contributed by atoms with van der Waals surface area (Å²) in [5, 5.41) is 24.6. The van der Waals surface area contributed by atoms with Crippen molar-refractivity contribution in [2.45, 2.75) is 122 Å². The number of benzene rings is 1. The summed E-state index contributed by atoms with van der Waals surface area (Å²) < 4.78 is 11.2. The van der Waals surface area contributed by atoms with Gasteiger partial charge in [-0.15, -0.1) is 11.3 Å². The van der Waals surface area contributed by atoms with E-state index in [2.05, 4.69) is 43.9 Å². The molecule has 10 aliphatic carbocycles. The van der Waals surface area contributed by atoms with E-state index in [1.807, 2.05) is 30.3 Å². The van der Waals surface area contributed by atoms with Gasteiger partial charge in [0.25, 0.3) is 0 Å². The second-order valence-electron chi connectivity index (χ2n) is 21.1. The summed E-state index contributed by atoms with van der Waals surface area (Å²) in [4.78, 5) is 33.9. The Morgan fingerprint density at radius 3 is 2.16 bits per heavy atom. The van der Waals surface area contributed by atoms with Gasteiger partial charge in [-0.3, -0.25) is 9.59 Å². The number of hydrogen-bond donors (Lipinski definition) is 2. The first-order valence-corrected chi connectivity index (χ1v) is 22.9. The molecule has 7 fully saturated rings. The average Bonchev–Trinajstić information content (AvgIpc) is 3.73. The number of aliphatic hydroxyl groups excluding tert-OH is 1. The number of carbonyl (C=O) groups is 2. The molecule has 8 heteroatoms. The normalized spacial score (nSPS) is 43.2. The number of rotatable bonds is 10. The number of aliphatic hydroxyl groups is 2. The molecule has 0 saturated heterocycles. The SMILES string of the molecule is COc1ccc(CC(=O)N(CC23CC4CC(CC(C4)C2)C3)CC2(O)CCC3C45C=CC6(C=C4C(=O)c4ccc(C)s4)CC(O)CCC6(C)C5CCC32C)cc1OC. The molecular formula is C49H63NO6S. The third-order valence-electron chi connectivity index (χ3n) is 18.2. The molecule has 2 aromatic rings. The molecule has 1 aromatic carbocycles. The van der Waals surface area contributed by atoms with Gasteiger partial charge in [0.2, 0.25) is 5.91 Å². The first kappa shape index (κ1) is 38.3. The largest absolute Gasteiger partial charge is 0.493 e. The van der Waals surface area contributed by atoms with Gasteiger partial charge in [0, 0.05) is 39.8 Å². The number of carbonyl (C=O) groups excluding carboxylic acids is 2. The van der Waals surface area contributed by atoms with Gasteiger partial charge in [0.1, 0.15) is 0 Å². The van der Waals surface area contributed by atoms with E-state index < -0.39 is 16.4 Å². The van der Waals surface area contributed by atoms with Crippen molar-refractivity contribution < 1.29 is 29.3 Å². The molecule has 0 radical (unpaired) electrons. The fourth-order valence-corrected chi connectivity index (χ4v) is 16.8. The zero-order valence-electron chi connectivity index (χ0n) is 34.8. The molecule has 1 aromatic heterocycles. The average molecular weight is 794 g/mol. The molecule has 10 aliphatic rings. The molecule has 0 aliphatic heterocycles. The lowest BCUT2D eigenvalue weighted by atomic mass is 9.32. The minimum atomic E-state index is -1.11. The third kappa shape index (κ3) is 5.47. The zero-order valence-corrected chi connectivity index (χ0v) is 35.6. The summed E-state index contributed by atoms with van der Waals surface area (Å²) in [6, 6.07) is 9.81. The highest BCUT2D eigenvalue weighted by Crippen LogP contribution is 2.78. The van der Waals surface area contributed by atoms with Crippen LogP contribution in [0.15, 0.2) is 54.1 Å². The molecule has 57 heavy (non-hydrogen) atoms. The van der Waals surface area contributed by atoms with Crippen molar-refractivity contribution in [2.75, 3.05) is 27.3 Å². The summed E-state index contributed by atoms with van der Waals surface area (Å²) in [5.41, 5.74) is -0.670. The lowest BCUT2D eigenvalue weighted by Gasteiger charge is -2.71. The summed E-state index contributed by atoms with van der Waals surface area (Å²) in [7, 11) is 3.26. The van der Waals surface area contributed by atoms with Crippen LogP contribution in [-0.4, -0.2) is 65.8 Å². The van der Waals surface area contributed by atoms with Crippen LogP contribution in [0.5, 0.6) is 11.5 Å². The fourth-order valence-electron chi connectivity index (χ4n) is 16.0. The van der Waals surface area contributed by atoms with Gasteiger partial charge in [-0.2, -0.15) is 0 Å². The van der Waals surface area contributed by atoms with Crippen molar-refractivity contribution >= 4 is 23.0 Å². The first-order chi connectivity index (χ1) is 27.2. The van der Waals surface area contributed by atoms with E-state index in [1.54, 1.807) is 25.6 Å². The highest BCUT2D eigenvalue weighted by atomic mass is 32.1. The number of allylic oxidation sites excluding steroid dienone is 4. The van der Waals surface area contributed by atoms with Crippen LogP contribution in [0.3, 0.4) is 0 Å². The van der Waals surface area contributed by atoms with Crippen molar-refractivity contribution in [1.82, 2.24) is 4.90 Å². The topological polar surface area (TPSA) is 96.3 Å². The number of nitrogens with zero attached hydrogens (tertiary/aromatic N) is 1. The van der Waals surface area contributed by atoms with E-state index in [0.29, 0.717) is 37.4 Å². The van der Waals surface area contributed by atoms with Gasteiger partial charge in [-0.05, 0) is 161 Å². The maximum atomic E-state index is 15.0. The molecule has 7 nitrogen and oxygen atoms in total. The Labute approximate surface area is 343 Å². The zero-order chi connectivity index (χ0) is 39.8. The van der Waals surface area contributed by atoms with Gasteiger partial charge in [-0.25, -0.2) is 0 Å². The molecule has 1 amide bonds. The van der Waals surface area contributed by atoms with E-state index in [-0.39, 0.29) is 52.3 Å². The van der Waals surface area contributed by atoms with Crippen LogP contribution in [0.1, 0.15) is 117 Å². The standard InChI is InChI=1S/C49H63NO6S/c1-30-6-9-39(57-30)43(53)36-27-47-16-17-49(36)40(44(47,2)13-10-35(51)26-47)11-14-45(3)41(49)12-15-48(45,54)29-50(28-46-23-32-18-33(24-46)20-34(19-32)25-46)42(52)22-31-7-8-37(55-4)38(21-31)56-5/h6-9,16-17,21,27,32-35,40-41,51,54H,10-15,18-20,22-26,28-29H2,1-5H3. The molecule has 6 bridgehead atoms. The predicted molar refractivity (Wildman–Crippen MR) is 222 cm³/mol. The Kier molecular flexibility index (Phi) is 8.75. The van der Waals surface area contributed by atoms with Crippen LogP contribution in [0.25, 0.3) is 0 Å². The van der Waals surface area contributed by atoms with Gasteiger partial charge in [0.05, 0.1) is 37.2 Å². The maximum Gasteiger partial charge on any atom is 0.227 e. The Morgan fingerprint density at radius 2 is 1.49 bits per heavy atom. The third-order valence-corrected chi connectivity index (χ3v) is 19.2. The number of ketones is 1. The van der Waals surface area contributed by atoms with Gasteiger partial charge in [-0.1, -0.05) is 38.1 Å². The summed E-state index contributed by atoms with van der Waals surface area (Å²) in [6.45, 7) is 7.85. The molecule has 2 N–H and O–H groups in total. The van der Waals surface area contributed by atoms with Crippen molar-refractivity contribution in [3.05, 3.63) is 69.5 Å². The lowest BCUT2D eigenvalue weighted by molar-refractivity contribution is -0.181. The molecule has 12 rings (SSSR count). The maximum absolute atomic E-state index is 15.0. The number of hydrogen-bond acceptors (Lipinski definition) is 7. The van der Waals surface area contributed by atoms with Crippen molar-refractivity contribution in [3.63, 3.8) is 0 Å². The van der Waals surface area contributed by atoms with E-state index >= 15 is 0 Å². The van der Waals surface area contributed by atoms with E-state index in [9.17, 15) is 19.8 Å². The molecule has 8 atom stereocenters. The minimum absolute atomic E-state index is 0.0468. The number of thiophene rings is 1. The Hall–Kier alpha value is -2.94. The highest BCUT2D eigenvalue weighted by molar-refractivity contribution is 7.14. The molecule has 8 unspecified atom stereocenters. The fraction of sp³-hybridized carbons (Fsp3) is 0.673. The number of ether oxygens (including phenoxy) is 2. The molecule has 7 saturated carbocycles. The van der Waals surface area contributed by atoms with Gasteiger partial charge in [0.15, 0.2) is 17.3 Å². The Morgan fingerprint density at radius 1 is 0.825 bits per heavy atom. The summed E-state index contributed by atoms with van der Waals surface area (Å²) in [6.07, 6.45) is 20.2. The lowest BCUT2D eigenvalue weighted by Crippen LogP contribution is -2.67. The summed E-state index contributed by atoms with van der Waals surface area (Å²) >= 11 is 1.57. The van der Waals surface area contributed by atoms with E-state index in [0.717, 1.165) is 70.7 Å². The quantitative estimate of drug-likeness (QED) is 0.184. The molecule has 2 spiro atoms. The van der Waals surface area contributed by atoms with E-state index in [4.69, 9.17) is 9.47 Å². The van der Waals surface area contributed by atoms with E-state index in [1.165, 1.54) is 38.5 Å². The number of aryl methyl sites for hydroxylation is 1. The van der Waals surface area contributed by atoms with Crippen LogP contribution in [-0.2, 0) is 11.2 Å². The second-order valence-corrected chi connectivity index (χ2v) is 22.4. The van der Waals surface area contributed by atoms with Crippen molar-refractivity contribution in [1.29, 1.82) is 0 Å². The van der Waals surface area contributed by atoms with Crippen LogP contribution in [0.4, 0.5) is 0 Å². The summed E-state index contributed by atoms with van der Waals surface area (Å²) in [5.74, 6) is 4.03. The highest BCUT2D eigenvalue weighted by Gasteiger charge is 2.74. The van der Waals surface area contributed by atoms with Crippen LogP contribution in [0, 0.1) is 63.6 Å². The molecule has 306 valence electrons.